The fourth-order valence-electron chi connectivity index (χ4n) is 3.25. The van der Waals surface area contributed by atoms with Crippen LogP contribution in [0.5, 0.6) is 0 Å². The Morgan fingerprint density at radius 2 is 2.00 bits per heavy atom. The Labute approximate surface area is 122 Å². The number of nitrogens with one attached hydrogen (secondary N) is 1. The first kappa shape index (κ1) is 14.9. The second-order valence-electron chi connectivity index (χ2n) is 5.95. The first-order valence-electron chi connectivity index (χ1n) is 7.70. The van der Waals surface area contributed by atoms with Gasteiger partial charge in [-0.1, -0.05) is 43.5 Å². The highest BCUT2D eigenvalue weighted by molar-refractivity contribution is 6.30. The molecular formula is C17H26ClN. The van der Waals surface area contributed by atoms with Crippen LogP contribution in [-0.4, -0.2) is 6.04 Å². The van der Waals surface area contributed by atoms with E-state index < -0.39 is 0 Å². The van der Waals surface area contributed by atoms with Crippen LogP contribution in [0.3, 0.4) is 0 Å². The van der Waals surface area contributed by atoms with Crippen molar-refractivity contribution in [3.05, 3.63) is 34.9 Å². The van der Waals surface area contributed by atoms with Crippen molar-refractivity contribution < 1.29 is 0 Å². The maximum Gasteiger partial charge on any atom is 0.0409 e. The van der Waals surface area contributed by atoms with Crippen molar-refractivity contribution in [2.24, 2.45) is 5.92 Å². The summed E-state index contributed by atoms with van der Waals surface area (Å²) in [4.78, 5) is 0. The third-order valence-corrected chi connectivity index (χ3v) is 4.61. The summed E-state index contributed by atoms with van der Waals surface area (Å²) in [6.07, 6.45) is 8.20. The Balaban J connectivity index is 1.82. The van der Waals surface area contributed by atoms with Crippen LogP contribution >= 0.6 is 11.6 Å². The molecule has 1 aliphatic carbocycles. The molecule has 0 radical (unpaired) electrons. The van der Waals surface area contributed by atoms with E-state index >= 15 is 0 Å². The van der Waals surface area contributed by atoms with E-state index in [0.717, 1.165) is 10.9 Å². The van der Waals surface area contributed by atoms with Crippen LogP contribution in [0.1, 0.15) is 64.0 Å². The van der Waals surface area contributed by atoms with Gasteiger partial charge in [0.1, 0.15) is 0 Å². The lowest BCUT2D eigenvalue weighted by molar-refractivity contribution is 0.266. The smallest absolute Gasteiger partial charge is 0.0409 e. The molecule has 0 amide bonds. The predicted molar refractivity (Wildman–Crippen MR) is 83.7 cm³/mol. The Hall–Kier alpha value is -0.530. The lowest BCUT2D eigenvalue weighted by Crippen LogP contribution is -2.35. The normalized spacial score (nSPS) is 25.2. The number of rotatable bonds is 5. The highest BCUT2D eigenvalue weighted by Gasteiger charge is 2.21. The summed E-state index contributed by atoms with van der Waals surface area (Å²) in [6.45, 7) is 4.54. The molecule has 0 bridgehead atoms. The van der Waals surface area contributed by atoms with Crippen LogP contribution in [0.15, 0.2) is 24.3 Å². The summed E-state index contributed by atoms with van der Waals surface area (Å²) >= 11 is 6.06. The van der Waals surface area contributed by atoms with Crippen molar-refractivity contribution in [1.82, 2.24) is 5.32 Å². The molecule has 2 rings (SSSR count). The monoisotopic (exact) mass is 279 g/mol. The van der Waals surface area contributed by atoms with Gasteiger partial charge < -0.3 is 5.32 Å². The van der Waals surface area contributed by atoms with E-state index in [1.165, 1.54) is 44.1 Å². The van der Waals surface area contributed by atoms with Crippen LogP contribution < -0.4 is 5.32 Å². The van der Waals surface area contributed by atoms with Crippen molar-refractivity contribution in [2.75, 3.05) is 0 Å². The van der Waals surface area contributed by atoms with Crippen molar-refractivity contribution in [1.29, 1.82) is 0 Å². The molecule has 1 fully saturated rings. The van der Waals surface area contributed by atoms with E-state index in [1.807, 2.05) is 12.1 Å². The van der Waals surface area contributed by atoms with Gasteiger partial charge in [-0.2, -0.15) is 0 Å². The molecular weight excluding hydrogens is 254 g/mol. The lowest BCUT2D eigenvalue weighted by Gasteiger charge is -2.31. The first-order chi connectivity index (χ1) is 9.19. The Kier molecular flexibility index (Phi) is 5.72. The summed E-state index contributed by atoms with van der Waals surface area (Å²) < 4.78 is 0. The van der Waals surface area contributed by atoms with Gasteiger partial charge in [0.15, 0.2) is 0 Å². The number of hydrogen-bond acceptors (Lipinski definition) is 1. The molecule has 0 aliphatic heterocycles. The second-order valence-corrected chi connectivity index (χ2v) is 6.39. The first-order valence-corrected chi connectivity index (χ1v) is 8.08. The number of halogens is 1. The van der Waals surface area contributed by atoms with Crippen molar-refractivity contribution in [3.63, 3.8) is 0 Å². The van der Waals surface area contributed by atoms with Gasteiger partial charge in [-0.3, -0.25) is 0 Å². The summed E-state index contributed by atoms with van der Waals surface area (Å²) in [5.74, 6) is 0.976. The molecule has 1 nitrogen and oxygen atoms in total. The van der Waals surface area contributed by atoms with E-state index in [4.69, 9.17) is 11.6 Å². The van der Waals surface area contributed by atoms with Crippen molar-refractivity contribution in [2.45, 2.75) is 64.5 Å². The van der Waals surface area contributed by atoms with Gasteiger partial charge in [0.25, 0.3) is 0 Å². The largest absolute Gasteiger partial charge is 0.307 e. The van der Waals surface area contributed by atoms with Crippen LogP contribution in [-0.2, 0) is 0 Å². The van der Waals surface area contributed by atoms with Gasteiger partial charge in [-0.15, -0.1) is 0 Å². The van der Waals surface area contributed by atoms with Gasteiger partial charge >= 0.3 is 0 Å². The minimum Gasteiger partial charge on any atom is -0.307 e. The molecule has 1 aliphatic rings. The zero-order chi connectivity index (χ0) is 13.7. The summed E-state index contributed by atoms with van der Waals surface area (Å²) in [5, 5.41) is 4.60. The van der Waals surface area contributed by atoms with Crippen LogP contribution in [0, 0.1) is 5.92 Å². The minimum absolute atomic E-state index is 0.395. The Morgan fingerprint density at radius 3 is 2.63 bits per heavy atom. The molecule has 1 saturated carbocycles. The second kappa shape index (κ2) is 7.31. The summed E-state index contributed by atoms with van der Waals surface area (Å²) in [7, 11) is 0. The molecule has 2 heteroatoms. The lowest BCUT2D eigenvalue weighted by atomic mass is 9.83. The van der Waals surface area contributed by atoms with Gasteiger partial charge in [0, 0.05) is 17.1 Å². The fraction of sp³-hybridized carbons (Fsp3) is 0.647. The Morgan fingerprint density at radius 1 is 1.26 bits per heavy atom. The third-order valence-electron chi connectivity index (χ3n) is 4.38. The summed E-state index contributed by atoms with van der Waals surface area (Å²) in [6, 6.07) is 9.28. The van der Waals surface area contributed by atoms with E-state index in [0.29, 0.717) is 12.1 Å². The van der Waals surface area contributed by atoms with Crippen LogP contribution in [0.25, 0.3) is 0 Å². The molecule has 1 atom stereocenters. The average Bonchev–Trinajstić information content (AvgIpc) is 2.41. The highest BCUT2D eigenvalue weighted by atomic mass is 35.5. The number of benzene rings is 1. The standard InChI is InChI=1S/C17H26ClN/c1-3-5-14-8-10-17(11-9-14)19-13(2)15-6-4-7-16(18)12-15/h4,6-7,12-14,17,19H,3,5,8-11H2,1-2H3. The minimum atomic E-state index is 0.395. The number of hydrogen-bond donors (Lipinski definition) is 1. The molecule has 1 N–H and O–H groups in total. The van der Waals surface area contributed by atoms with E-state index in [1.54, 1.807) is 0 Å². The average molecular weight is 280 g/mol. The van der Waals surface area contributed by atoms with E-state index in [2.05, 4.69) is 31.3 Å². The van der Waals surface area contributed by atoms with Gasteiger partial charge in [0.05, 0.1) is 0 Å². The molecule has 1 unspecified atom stereocenters. The maximum absolute atomic E-state index is 6.06. The molecule has 19 heavy (non-hydrogen) atoms. The van der Waals surface area contributed by atoms with Crippen LogP contribution in [0.2, 0.25) is 5.02 Å². The fourth-order valence-corrected chi connectivity index (χ4v) is 3.45. The molecule has 0 spiro atoms. The van der Waals surface area contributed by atoms with E-state index in [9.17, 15) is 0 Å². The Bertz CT molecular complexity index is 383. The van der Waals surface area contributed by atoms with Gasteiger partial charge in [-0.05, 0) is 56.2 Å². The molecule has 1 aromatic carbocycles. The molecule has 106 valence electrons. The molecule has 0 saturated heterocycles. The zero-order valence-corrected chi connectivity index (χ0v) is 12.9. The van der Waals surface area contributed by atoms with Crippen molar-refractivity contribution >= 4 is 11.6 Å². The summed E-state index contributed by atoms with van der Waals surface area (Å²) in [5.41, 5.74) is 1.29. The van der Waals surface area contributed by atoms with Crippen LogP contribution in [0.4, 0.5) is 0 Å². The van der Waals surface area contributed by atoms with E-state index in [-0.39, 0.29) is 0 Å². The zero-order valence-electron chi connectivity index (χ0n) is 12.2. The van der Waals surface area contributed by atoms with Crippen molar-refractivity contribution in [3.8, 4) is 0 Å². The molecule has 0 aromatic heterocycles. The van der Waals surface area contributed by atoms with Gasteiger partial charge in [-0.25, -0.2) is 0 Å². The van der Waals surface area contributed by atoms with Gasteiger partial charge in [0.2, 0.25) is 0 Å². The highest BCUT2D eigenvalue weighted by Crippen LogP contribution is 2.29. The SMILES string of the molecule is CCCC1CCC(NC(C)c2cccc(Cl)c2)CC1. The quantitative estimate of drug-likeness (QED) is 0.766. The molecule has 0 heterocycles. The maximum atomic E-state index is 6.06. The molecule has 1 aromatic rings. The topological polar surface area (TPSA) is 12.0 Å². The third kappa shape index (κ3) is 4.50. The predicted octanol–water partition coefficient (Wildman–Crippen LogP) is 5.35.